The minimum Gasteiger partial charge on any atom is -0.346 e. The molecule has 0 saturated heterocycles. The summed E-state index contributed by atoms with van der Waals surface area (Å²) in [7, 11) is 0. The molecule has 2 atom stereocenters. The fourth-order valence-corrected chi connectivity index (χ4v) is 2.54. The second kappa shape index (κ2) is 6.83. The van der Waals surface area contributed by atoms with Crippen molar-refractivity contribution in [1.29, 1.82) is 0 Å². The maximum Gasteiger partial charge on any atom is 0.220 e. The van der Waals surface area contributed by atoms with Gasteiger partial charge in [-0.2, -0.15) is 0 Å². The van der Waals surface area contributed by atoms with Crippen molar-refractivity contribution in [2.24, 2.45) is 10.8 Å². The Morgan fingerprint density at radius 1 is 1.21 bits per heavy atom. The Hall–Kier alpha value is -1.19. The highest BCUT2D eigenvalue weighted by Gasteiger charge is 2.40. The predicted octanol–water partition coefficient (Wildman–Crippen LogP) is 2.50. The summed E-state index contributed by atoms with van der Waals surface area (Å²) < 4.78 is 0. The Balaban J connectivity index is 5.27. The molecule has 19 heavy (non-hydrogen) atoms. The average Bonchev–Trinajstić information content (AvgIpc) is 2.34. The first kappa shape index (κ1) is 17.8. The van der Waals surface area contributed by atoms with Crippen LogP contribution in [0.4, 0.5) is 0 Å². The molecular weight excluding hydrogens is 242 g/mol. The average molecular weight is 269 g/mol. The minimum atomic E-state index is -0.538. The fourth-order valence-electron chi connectivity index (χ4n) is 2.54. The molecule has 0 heterocycles. The molecule has 1 amide bonds. The SMILES string of the molecule is CCC(=O)NC(C(C)=O)C(C)(CC)CC(C)(C)C=O. The van der Waals surface area contributed by atoms with Gasteiger partial charge in [0.05, 0.1) is 6.04 Å². The molecule has 0 aliphatic rings. The van der Waals surface area contributed by atoms with Gasteiger partial charge in [-0.3, -0.25) is 9.59 Å². The Morgan fingerprint density at radius 2 is 1.74 bits per heavy atom. The van der Waals surface area contributed by atoms with Crippen molar-refractivity contribution >= 4 is 18.0 Å². The second-order valence-electron chi connectivity index (χ2n) is 6.26. The van der Waals surface area contributed by atoms with Gasteiger partial charge in [-0.1, -0.05) is 34.6 Å². The third-order valence-electron chi connectivity index (χ3n) is 3.72. The topological polar surface area (TPSA) is 63.2 Å². The number of hydrogen-bond donors (Lipinski definition) is 1. The molecule has 0 bridgehead atoms. The number of amides is 1. The number of Topliss-reactive ketones (excluding diaryl/α,β-unsaturated/α-hetero) is 1. The first-order valence-corrected chi connectivity index (χ1v) is 6.88. The zero-order valence-corrected chi connectivity index (χ0v) is 13.0. The smallest absolute Gasteiger partial charge is 0.220 e. The highest BCUT2D eigenvalue weighted by atomic mass is 16.2. The second-order valence-corrected chi connectivity index (χ2v) is 6.26. The largest absolute Gasteiger partial charge is 0.346 e. The van der Waals surface area contributed by atoms with Crippen LogP contribution in [0.25, 0.3) is 0 Å². The van der Waals surface area contributed by atoms with Gasteiger partial charge in [0.15, 0.2) is 5.78 Å². The summed E-state index contributed by atoms with van der Waals surface area (Å²) in [4.78, 5) is 34.6. The molecule has 110 valence electrons. The lowest BCUT2D eigenvalue weighted by molar-refractivity contribution is -0.131. The van der Waals surface area contributed by atoms with Crippen LogP contribution in [-0.2, 0) is 14.4 Å². The summed E-state index contributed by atoms with van der Waals surface area (Å²) in [6.45, 7) is 10.9. The van der Waals surface area contributed by atoms with Crippen LogP contribution >= 0.6 is 0 Å². The van der Waals surface area contributed by atoms with Crippen molar-refractivity contribution in [2.45, 2.75) is 66.8 Å². The number of rotatable bonds is 8. The van der Waals surface area contributed by atoms with E-state index < -0.39 is 16.9 Å². The number of aldehydes is 1. The minimum absolute atomic E-state index is 0.0622. The molecule has 1 N–H and O–H groups in total. The molecule has 2 unspecified atom stereocenters. The molecule has 4 nitrogen and oxygen atoms in total. The number of carbonyl (C=O) groups excluding carboxylic acids is 3. The number of nitrogens with one attached hydrogen (secondary N) is 1. The van der Waals surface area contributed by atoms with Crippen LogP contribution in [0.5, 0.6) is 0 Å². The molecule has 0 aliphatic carbocycles. The number of ketones is 1. The lowest BCUT2D eigenvalue weighted by Gasteiger charge is -2.40. The van der Waals surface area contributed by atoms with Crippen LogP contribution < -0.4 is 5.32 Å². The highest BCUT2D eigenvalue weighted by Crippen LogP contribution is 2.38. The fraction of sp³-hybridized carbons (Fsp3) is 0.800. The summed E-state index contributed by atoms with van der Waals surface area (Å²) >= 11 is 0. The van der Waals surface area contributed by atoms with Crippen LogP contribution in [-0.4, -0.2) is 24.0 Å². The van der Waals surface area contributed by atoms with Gasteiger partial charge in [0.25, 0.3) is 0 Å². The summed E-state index contributed by atoms with van der Waals surface area (Å²) in [5.41, 5.74) is -0.920. The lowest BCUT2D eigenvalue weighted by atomic mass is 9.68. The van der Waals surface area contributed by atoms with Gasteiger partial charge in [-0.15, -0.1) is 0 Å². The van der Waals surface area contributed by atoms with Crippen LogP contribution in [0.2, 0.25) is 0 Å². The van der Waals surface area contributed by atoms with Crippen molar-refractivity contribution in [3.63, 3.8) is 0 Å². The van der Waals surface area contributed by atoms with Gasteiger partial charge >= 0.3 is 0 Å². The van der Waals surface area contributed by atoms with Gasteiger partial charge in [-0.25, -0.2) is 0 Å². The van der Waals surface area contributed by atoms with E-state index in [1.54, 1.807) is 6.92 Å². The van der Waals surface area contributed by atoms with E-state index in [1.165, 1.54) is 6.92 Å². The van der Waals surface area contributed by atoms with Crippen LogP contribution in [0, 0.1) is 10.8 Å². The first-order valence-electron chi connectivity index (χ1n) is 6.88. The molecule has 0 aromatic heterocycles. The van der Waals surface area contributed by atoms with Crippen molar-refractivity contribution in [3.8, 4) is 0 Å². The van der Waals surface area contributed by atoms with E-state index in [-0.39, 0.29) is 11.7 Å². The Labute approximate surface area is 116 Å². The van der Waals surface area contributed by atoms with E-state index in [1.807, 2.05) is 27.7 Å². The van der Waals surface area contributed by atoms with Gasteiger partial charge < -0.3 is 10.1 Å². The highest BCUT2D eigenvalue weighted by molar-refractivity contribution is 5.88. The number of carbonyl (C=O) groups is 3. The van der Waals surface area contributed by atoms with E-state index in [4.69, 9.17) is 0 Å². The quantitative estimate of drug-likeness (QED) is 0.689. The first-order chi connectivity index (χ1) is 8.61. The van der Waals surface area contributed by atoms with Gasteiger partial charge in [0.1, 0.15) is 6.29 Å². The van der Waals surface area contributed by atoms with Gasteiger partial charge in [0, 0.05) is 11.8 Å². The standard InChI is InChI=1S/C15H27NO3/c1-7-12(19)16-13(11(3)18)15(6,8-2)9-14(4,5)10-17/h10,13H,7-9H2,1-6H3,(H,16,19). The molecular formula is C15H27NO3. The van der Waals surface area contributed by atoms with E-state index in [2.05, 4.69) is 5.32 Å². The van der Waals surface area contributed by atoms with E-state index in [9.17, 15) is 14.4 Å². The molecule has 0 aromatic carbocycles. The van der Waals surface area contributed by atoms with E-state index in [0.29, 0.717) is 12.8 Å². The Kier molecular flexibility index (Phi) is 6.40. The van der Waals surface area contributed by atoms with E-state index in [0.717, 1.165) is 12.7 Å². The lowest BCUT2D eigenvalue weighted by Crippen LogP contribution is -2.51. The van der Waals surface area contributed by atoms with Crippen molar-refractivity contribution in [3.05, 3.63) is 0 Å². The molecule has 0 aliphatic heterocycles. The Bertz CT molecular complexity index is 349. The zero-order chi connectivity index (χ0) is 15.3. The van der Waals surface area contributed by atoms with Gasteiger partial charge in [0.2, 0.25) is 5.91 Å². The molecule has 0 aromatic rings. The van der Waals surface area contributed by atoms with E-state index >= 15 is 0 Å². The molecule has 0 radical (unpaired) electrons. The molecule has 0 rings (SSSR count). The maximum atomic E-state index is 11.9. The van der Waals surface area contributed by atoms with Gasteiger partial charge in [-0.05, 0) is 25.2 Å². The summed E-state index contributed by atoms with van der Waals surface area (Å²) in [5, 5.41) is 2.80. The third kappa shape index (κ3) is 5.13. The summed E-state index contributed by atoms with van der Waals surface area (Å²) in [6.07, 6.45) is 2.55. The van der Waals surface area contributed by atoms with Crippen LogP contribution in [0.15, 0.2) is 0 Å². The van der Waals surface area contributed by atoms with Crippen LogP contribution in [0.3, 0.4) is 0 Å². The van der Waals surface area contributed by atoms with Crippen molar-refractivity contribution in [1.82, 2.24) is 5.32 Å². The number of hydrogen-bond acceptors (Lipinski definition) is 3. The molecule has 0 spiro atoms. The normalized spacial score (nSPS) is 16.3. The maximum absolute atomic E-state index is 11.9. The predicted molar refractivity (Wildman–Crippen MR) is 75.8 cm³/mol. The molecule has 0 fully saturated rings. The molecule has 0 saturated carbocycles. The zero-order valence-electron chi connectivity index (χ0n) is 13.0. The summed E-state index contributed by atoms with van der Waals surface area (Å²) in [5.74, 6) is -0.198. The Morgan fingerprint density at radius 3 is 2.05 bits per heavy atom. The third-order valence-corrected chi connectivity index (χ3v) is 3.72. The monoisotopic (exact) mass is 269 g/mol. The van der Waals surface area contributed by atoms with Crippen molar-refractivity contribution < 1.29 is 14.4 Å². The summed E-state index contributed by atoms with van der Waals surface area (Å²) in [6, 6.07) is -0.538. The molecule has 4 heteroatoms. The van der Waals surface area contributed by atoms with Crippen LogP contribution in [0.1, 0.15) is 60.8 Å². The van der Waals surface area contributed by atoms with Crippen molar-refractivity contribution in [2.75, 3.05) is 0 Å².